The monoisotopic (exact) mass is 614 g/mol. The summed E-state index contributed by atoms with van der Waals surface area (Å²) in [7, 11) is 6.23. The third kappa shape index (κ3) is 8.98. The van der Waals surface area contributed by atoms with Gasteiger partial charge >= 0.3 is 0 Å². The molecule has 4 aromatic carbocycles. The molecule has 0 spiro atoms. The summed E-state index contributed by atoms with van der Waals surface area (Å²) < 4.78 is 35.3. The number of methoxy groups -OCH3 is 4. The van der Waals surface area contributed by atoms with E-state index in [0.717, 1.165) is 11.1 Å². The maximum absolute atomic E-state index is 14.1. The van der Waals surface area contributed by atoms with Crippen molar-refractivity contribution in [3.05, 3.63) is 119 Å². The van der Waals surface area contributed by atoms with Crippen LogP contribution in [0, 0.1) is 5.82 Å². The van der Waals surface area contributed by atoms with Crippen molar-refractivity contribution in [2.45, 2.75) is 31.8 Å². The topological polar surface area (TPSA) is 86.3 Å². The molecule has 9 heteroatoms. The minimum Gasteiger partial charge on any atom is -0.493 e. The Bertz CT molecular complexity index is 1560. The van der Waals surface area contributed by atoms with Gasteiger partial charge in [0.05, 0.1) is 34.9 Å². The Labute approximate surface area is 263 Å². The molecule has 0 aromatic heterocycles. The quantitative estimate of drug-likeness (QED) is 0.193. The van der Waals surface area contributed by atoms with Crippen LogP contribution in [0.15, 0.2) is 91.0 Å². The molecule has 0 bridgehead atoms. The summed E-state index contributed by atoms with van der Waals surface area (Å²) in [6.45, 7) is 0.459. The van der Waals surface area contributed by atoms with E-state index in [0.29, 0.717) is 53.5 Å². The van der Waals surface area contributed by atoms with Crippen molar-refractivity contribution < 1.29 is 32.9 Å². The predicted octanol–water partition coefficient (Wildman–Crippen LogP) is 5.40. The van der Waals surface area contributed by atoms with Gasteiger partial charge in [0.2, 0.25) is 11.8 Å². The number of amides is 2. The van der Waals surface area contributed by atoms with Crippen molar-refractivity contribution in [3.8, 4) is 23.0 Å². The molecule has 0 fully saturated rings. The van der Waals surface area contributed by atoms with E-state index in [1.54, 1.807) is 56.6 Å². The standard InChI is InChI=1S/C36H39FN2O6/c1-42-31-16-12-26(21-33(31)44-3)18-19-38-36(41)30(20-25-8-6-5-7-9-25)39(24-27-10-14-29(37)15-11-27)35(40)23-28-13-17-32(43-2)34(22-28)45-4/h5-17,21-22,30H,18-20,23-24H2,1-4H3,(H,38,41)/t30-/m0/s1. The van der Waals surface area contributed by atoms with Gasteiger partial charge in [-0.2, -0.15) is 0 Å². The molecule has 0 aliphatic heterocycles. The number of halogens is 1. The molecule has 8 nitrogen and oxygen atoms in total. The zero-order valence-electron chi connectivity index (χ0n) is 26.0. The minimum absolute atomic E-state index is 0.0196. The Kier molecular flexibility index (Phi) is 11.8. The molecule has 236 valence electrons. The Morgan fingerprint density at radius 1 is 0.689 bits per heavy atom. The largest absolute Gasteiger partial charge is 0.493 e. The van der Waals surface area contributed by atoms with Crippen LogP contribution in [0.2, 0.25) is 0 Å². The predicted molar refractivity (Wildman–Crippen MR) is 170 cm³/mol. The molecule has 1 atom stereocenters. The first-order valence-electron chi connectivity index (χ1n) is 14.6. The van der Waals surface area contributed by atoms with Crippen LogP contribution < -0.4 is 24.3 Å². The number of carbonyl (C=O) groups excluding carboxylic acids is 2. The number of nitrogens with zero attached hydrogens (tertiary/aromatic N) is 1. The van der Waals surface area contributed by atoms with E-state index in [2.05, 4.69) is 5.32 Å². The molecule has 0 saturated heterocycles. The van der Waals surface area contributed by atoms with Crippen molar-refractivity contribution in [2.24, 2.45) is 0 Å². The second-order valence-electron chi connectivity index (χ2n) is 10.5. The van der Waals surface area contributed by atoms with E-state index < -0.39 is 6.04 Å². The number of hydrogen-bond donors (Lipinski definition) is 1. The number of rotatable bonds is 15. The Morgan fingerprint density at radius 3 is 1.84 bits per heavy atom. The van der Waals surface area contributed by atoms with Crippen LogP contribution in [-0.4, -0.2) is 57.7 Å². The maximum Gasteiger partial charge on any atom is 0.243 e. The number of benzene rings is 4. The lowest BCUT2D eigenvalue weighted by Crippen LogP contribution is -2.51. The molecule has 0 heterocycles. The smallest absolute Gasteiger partial charge is 0.243 e. The first-order valence-corrected chi connectivity index (χ1v) is 14.6. The lowest BCUT2D eigenvalue weighted by Gasteiger charge is -2.32. The summed E-state index contributed by atoms with van der Waals surface area (Å²) in [6, 6.07) is 25.6. The van der Waals surface area contributed by atoms with E-state index >= 15 is 0 Å². The van der Waals surface area contributed by atoms with Gasteiger partial charge < -0.3 is 29.2 Å². The minimum atomic E-state index is -0.837. The van der Waals surface area contributed by atoms with Crippen molar-refractivity contribution >= 4 is 11.8 Å². The first kappa shape index (κ1) is 32.9. The fourth-order valence-corrected chi connectivity index (χ4v) is 5.09. The van der Waals surface area contributed by atoms with Crippen molar-refractivity contribution in [1.82, 2.24) is 10.2 Å². The van der Waals surface area contributed by atoms with Gasteiger partial charge in [0.15, 0.2) is 23.0 Å². The van der Waals surface area contributed by atoms with Crippen LogP contribution in [0.5, 0.6) is 23.0 Å². The fraction of sp³-hybridized carbons (Fsp3) is 0.278. The second kappa shape index (κ2) is 16.1. The van der Waals surface area contributed by atoms with E-state index in [1.807, 2.05) is 48.5 Å². The summed E-state index contributed by atoms with van der Waals surface area (Å²) in [5.41, 5.74) is 3.27. The van der Waals surface area contributed by atoms with Gasteiger partial charge in [-0.15, -0.1) is 0 Å². The van der Waals surface area contributed by atoms with Crippen molar-refractivity contribution in [3.63, 3.8) is 0 Å². The average Bonchev–Trinajstić information content (AvgIpc) is 3.07. The second-order valence-corrected chi connectivity index (χ2v) is 10.5. The Balaban J connectivity index is 1.61. The Morgan fingerprint density at radius 2 is 1.24 bits per heavy atom. The molecule has 0 unspecified atom stereocenters. The summed E-state index contributed by atoms with van der Waals surface area (Å²) in [5.74, 6) is 1.35. The van der Waals surface area contributed by atoms with E-state index in [4.69, 9.17) is 18.9 Å². The summed E-state index contributed by atoms with van der Waals surface area (Å²) in [6.07, 6.45) is 0.857. The first-order chi connectivity index (χ1) is 21.8. The van der Waals surface area contributed by atoms with Gasteiger partial charge in [0.25, 0.3) is 0 Å². The van der Waals surface area contributed by atoms with Gasteiger partial charge in [-0.1, -0.05) is 54.6 Å². The molecule has 0 radical (unpaired) electrons. The van der Waals surface area contributed by atoms with Gasteiger partial charge in [0.1, 0.15) is 11.9 Å². The Hall–Kier alpha value is -5.05. The van der Waals surface area contributed by atoms with Crippen molar-refractivity contribution in [2.75, 3.05) is 35.0 Å². The number of ether oxygens (including phenoxy) is 4. The zero-order chi connectivity index (χ0) is 32.2. The molecule has 45 heavy (non-hydrogen) atoms. The highest BCUT2D eigenvalue weighted by Gasteiger charge is 2.30. The van der Waals surface area contributed by atoms with Gasteiger partial charge in [0, 0.05) is 19.5 Å². The summed E-state index contributed by atoms with van der Waals surface area (Å²) in [4.78, 5) is 29.6. The highest BCUT2D eigenvalue weighted by atomic mass is 19.1. The molecule has 4 rings (SSSR count). The molecule has 0 saturated carbocycles. The highest BCUT2D eigenvalue weighted by molar-refractivity contribution is 5.89. The molecule has 2 amide bonds. The van der Waals surface area contributed by atoms with E-state index in [-0.39, 0.29) is 30.6 Å². The fourth-order valence-electron chi connectivity index (χ4n) is 5.09. The summed E-state index contributed by atoms with van der Waals surface area (Å²) in [5, 5.41) is 3.04. The zero-order valence-corrected chi connectivity index (χ0v) is 26.0. The van der Waals surface area contributed by atoms with Gasteiger partial charge in [-0.25, -0.2) is 4.39 Å². The van der Waals surface area contributed by atoms with Gasteiger partial charge in [-0.05, 0) is 65.1 Å². The maximum atomic E-state index is 14.1. The van der Waals surface area contributed by atoms with Crippen LogP contribution in [0.4, 0.5) is 4.39 Å². The normalized spacial score (nSPS) is 11.3. The van der Waals surface area contributed by atoms with Crippen LogP contribution >= 0.6 is 0 Å². The number of nitrogens with one attached hydrogen (secondary N) is 1. The van der Waals surface area contributed by atoms with E-state index in [1.165, 1.54) is 19.2 Å². The average molecular weight is 615 g/mol. The van der Waals surface area contributed by atoms with Crippen molar-refractivity contribution in [1.29, 1.82) is 0 Å². The number of carbonyl (C=O) groups is 2. The van der Waals surface area contributed by atoms with Gasteiger partial charge in [-0.3, -0.25) is 9.59 Å². The lowest BCUT2D eigenvalue weighted by atomic mass is 10.0. The molecular formula is C36H39FN2O6. The number of hydrogen-bond acceptors (Lipinski definition) is 6. The molecule has 0 aliphatic carbocycles. The highest BCUT2D eigenvalue weighted by Crippen LogP contribution is 2.29. The molecule has 0 aliphatic rings. The van der Waals surface area contributed by atoms with E-state index in [9.17, 15) is 14.0 Å². The molecule has 1 N–H and O–H groups in total. The third-order valence-corrected chi connectivity index (χ3v) is 7.50. The lowest BCUT2D eigenvalue weighted by molar-refractivity contribution is -0.140. The van der Waals surface area contributed by atoms with Crippen LogP contribution in [0.25, 0.3) is 0 Å². The SMILES string of the molecule is COc1ccc(CCNC(=O)[C@H](Cc2ccccc2)N(Cc2ccc(F)cc2)C(=O)Cc2ccc(OC)c(OC)c2)cc1OC. The van der Waals surface area contributed by atoms with Crippen LogP contribution in [-0.2, 0) is 35.4 Å². The molecular weight excluding hydrogens is 575 g/mol. The summed E-state index contributed by atoms with van der Waals surface area (Å²) >= 11 is 0. The van der Waals surface area contributed by atoms with Crippen LogP contribution in [0.1, 0.15) is 22.3 Å². The third-order valence-electron chi connectivity index (χ3n) is 7.50. The van der Waals surface area contributed by atoms with Crippen LogP contribution in [0.3, 0.4) is 0 Å². The molecule has 4 aromatic rings.